The molecule has 3 atom stereocenters. The smallest absolute Gasteiger partial charge is 0.0512 e. The summed E-state index contributed by atoms with van der Waals surface area (Å²) in [5, 5.41) is 0.0207. The summed E-state index contributed by atoms with van der Waals surface area (Å²) in [6, 6.07) is 9.74. The lowest BCUT2D eigenvalue weighted by atomic mass is 10.1. The van der Waals surface area contributed by atoms with Gasteiger partial charge < -0.3 is 5.73 Å². The molecule has 1 rings (SSSR count). The third-order valence-electron chi connectivity index (χ3n) is 2.51. The number of rotatable bonds is 5. The van der Waals surface area contributed by atoms with Gasteiger partial charge in [-0.05, 0) is 18.9 Å². The summed E-state index contributed by atoms with van der Waals surface area (Å²) in [5.41, 5.74) is 7.14. The molecule has 0 saturated carbocycles. The third kappa shape index (κ3) is 3.43. The SMILES string of the molecule is CCCS(=O)C(C)C(N)c1ccccc1. The van der Waals surface area contributed by atoms with Crippen molar-refractivity contribution in [2.24, 2.45) is 5.73 Å². The first-order valence-corrected chi connectivity index (χ1v) is 6.72. The van der Waals surface area contributed by atoms with Gasteiger partial charge in [-0.2, -0.15) is 0 Å². The average Bonchev–Trinajstić information content (AvgIpc) is 2.28. The highest BCUT2D eigenvalue weighted by atomic mass is 32.2. The summed E-state index contributed by atoms with van der Waals surface area (Å²) in [4.78, 5) is 0. The van der Waals surface area contributed by atoms with E-state index in [1.54, 1.807) is 0 Å². The van der Waals surface area contributed by atoms with Crippen LogP contribution in [0, 0.1) is 0 Å². The molecule has 0 aliphatic carbocycles. The van der Waals surface area contributed by atoms with Gasteiger partial charge in [-0.3, -0.25) is 4.21 Å². The summed E-state index contributed by atoms with van der Waals surface area (Å²) >= 11 is 0. The van der Waals surface area contributed by atoms with Crippen LogP contribution in [-0.2, 0) is 10.8 Å². The van der Waals surface area contributed by atoms with Crippen molar-refractivity contribution in [1.29, 1.82) is 0 Å². The summed E-state index contributed by atoms with van der Waals surface area (Å²) in [7, 11) is -0.820. The summed E-state index contributed by atoms with van der Waals surface area (Å²) < 4.78 is 11.8. The van der Waals surface area contributed by atoms with Crippen molar-refractivity contribution in [3.63, 3.8) is 0 Å². The molecule has 0 spiro atoms. The minimum atomic E-state index is -0.820. The van der Waals surface area contributed by atoms with Crippen molar-refractivity contribution >= 4 is 10.8 Å². The predicted octanol–water partition coefficient (Wildman–Crippen LogP) is 2.23. The molecule has 0 aliphatic heterocycles. The van der Waals surface area contributed by atoms with E-state index >= 15 is 0 Å². The van der Waals surface area contributed by atoms with Gasteiger partial charge >= 0.3 is 0 Å². The molecule has 0 aliphatic rings. The van der Waals surface area contributed by atoms with E-state index in [-0.39, 0.29) is 11.3 Å². The molecule has 0 saturated heterocycles. The standard InChI is InChI=1S/C12H19NOS/c1-3-9-15(14)10(2)12(13)11-7-5-4-6-8-11/h4-8,10,12H,3,9,13H2,1-2H3. The van der Waals surface area contributed by atoms with Crippen molar-refractivity contribution in [3.8, 4) is 0 Å². The van der Waals surface area contributed by atoms with E-state index in [0.717, 1.165) is 17.7 Å². The number of hydrogen-bond donors (Lipinski definition) is 1. The minimum absolute atomic E-state index is 0.0207. The van der Waals surface area contributed by atoms with Crippen LogP contribution in [0.5, 0.6) is 0 Å². The van der Waals surface area contributed by atoms with E-state index in [1.807, 2.05) is 44.2 Å². The van der Waals surface area contributed by atoms with Gasteiger partial charge in [0.1, 0.15) is 0 Å². The zero-order valence-corrected chi connectivity index (χ0v) is 10.2. The monoisotopic (exact) mass is 225 g/mol. The van der Waals surface area contributed by atoms with Gasteiger partial charge in [-0.15, -0.1) is 0 Å². The predicted molar refractivity (Wildman–Crippen MR) is 66.1 cm³/mol. The molecule has 0 bridgehead atoms. The molecular weight excluding hydrogens is 206 g/mol. The first kappa shape index (κ1) is 12.4. The fourth-order valence-corrected chi connectivity index (χ4v) is 2.76. The molecule has 3 unspecified atom stereocenters. The molecular formula is C12H19NOS. The summed E-state index contributed by atoms with van der Waals surface area (Å²) in [6.07, 6.45) is 0.943. The number of benzene rings is 1. The molecule has 15 heavy (non-hydrogen) atoms. The molecule has 1 aromatic rings. The van der Waals surface area contributed by atoms with Crippen molar-refractivity contribution in [2.45, 2.75) is 31.6 Å². The second-order valence-electron chi connectivity index (χ2n) is 3.73. The Kier molecular flexibility index (Phi) is 4.99. The van der Waals surface area contributed by atoms with Crippen molar-refractivity contribution < 1.29 is 4.21 Å². The van der Waals surface area contributed by atoms with Crippen molar-refractivity contribution in [2.75, 3.05) is 5.75 Å². The van der Waals surface area contributed by atoms with Crippen LogP contribution in [0.3, 0.4) is 0 Å². The van der Waals surface area contributed by atoms with E-state index in [1.165, 1.54) is 0 Å². The van der Waals surface area contributed by atoms with Gasteiger partial charge in [0.05, 0.1) is 5.25 Å². The van der Waals surface area contributed by atoms with Crippen LogP contribution in [0.15, 0.2) is 30.3 Å². The molecule has 1 aromatic carbocycles. The summed E-state index contributed by atoms with van der Waals surface area (Å²) in [6.45, 7) is 4.00. The molecule has 0 fully saturated rings. The van der Waals surface area contributed by atoms with Gasteiger partial charge in [-0.25, -0.2) is 0 Å². The molecule has 0 radical (unpaired) electrons. The maximum Gasteiger partial charge on any atom is 0.0512 e. The zero-order chi connectivity index (χ0) is 11.3. The number of hydrogen-bond acceptors (Lipinski definition) is 2. The Morgan fingerprint density at radius 2 is 1.93 bits per heavy atom. The Labute approximate surface area is 94.3 Å². The molecule has 0 heterocycles. The van der Waals surface area contributed by atoms with Gasteiger partial charge in [0.15, 0.2) is 0 Å². The quantitative estimate of drug-likeness (QED) is 0.835. The highest BCUT2D eigenvalue weighted by Crippen LogP contribution is 2.18. The fourth-order valence-electron chi connectivity index (χ4n) is 1.50. The Morgan fingerprint density at radius 1 is 1.33 bits per heavy atom. The summed E-state index contributed by atoms with van der Waals surface area (Å²) in [5.74, 6) is 0.738. The normalized spacial score (nSPS) is 17.0. The highest BCUT2D eigenvalue weighted by molar-refractivity contribution is 7.85. The molecule has 0 amide bonds. The largest absolute Gasteiger partial charge is 0.323 e. The highest BCUT2D eigenvalue weighted by Gasteiger charge is 2.19. The van der Waals surface area contributed by atoms with E-state index in [0.29, 0.717) is 0 Å². The van der Waals surface area contributed by atoms with Crippen LogP contribution < -0.4 is 5.73 Å². The molecule has 2 N–H and O–H groups in total. The van der Waals surface area contributed by atoms with E-state index < -0.39 is 10.8 Å². The molecule has 0 aromatic heterocycles. The van der Waals surface area contributed by atoms with Crippen LogP contribution in [0.2, 0.25) is 0 Å². The van der Waals surface area contributed by atoms with Crippen LogP contribution >= 0.6 is 0 Å². The van der Waals surface area contributed by atoms with Gasteiger partial charge in [0, 0.05) is 22.6 Å². The lowest BCUT2D eigenvalue weighted by Crippen LogP contribution is -2.28. The van der Waals surface area contributed by atoms with Crippen molar-refractivity contribution in [1.82, 2.24) is 0 Å². The van der Waals surface area contributed by atoms with Crippen LogP contribution in [0.25, 0.3) is 0 Å². The average molecular weight is 225 g/mol. The lowest BCUT2D eigenvalue weighted by Gasteiger charge is -2.19. The van der Waals surface area contributed by atoms with Crippen LogP contribution in [0.1, 0.15) is 31.9 Å². The Balaban J connectivity index is 2.68. The van der Waals surface area contributed by atoms with Crippen LogP contribution in [0.4, 0.5) is 0 Å². The van der Waals surface area contributed by atoms with Crippen molar-refractivity contribution in [3.05, 3.63) is 35.9 Å². The van der Waals surface area contributed by atoms with E-state index in [2.05, 4.69) is 0 Å². The first-order valence-electron chi connectivity index (χ1n) is 5.34. The zero-order valence-electron chi connectivity index (χ0n) is 9.35. The topological polar surface area (TPSA) is 43.1 Å². The molecule has 3 heteroatoms. The minimum Gasteiger partial charge on any atom is -0.323 e. The first-order chi connectivity index (χ1) is 7.16. The number of nitrogens with two attached hydrogens (primary N) is 1. The van der Waals surface area contributed by atoms with Gasteiger partial charge in [0.2, 0.25) is 0 Å². The van der Waals surface area contributed by atoms with E-state index in [4.69, 9.17) is 5.73 Å². The Bertz CT molecular complexity index is 313. The van der Waals surface area contributed by atoms with Gasteiger partial charge in [0.25, 0.3) is 0 Å². The maximum atomic E-state index is 11.8. The molecule has 2 nitrogen and oxygen atoms in total. The fraction of sp³-hybridized carbons (Fsp3) is 0.500. The Hall–Kier alpha value is -0.670. The van der Waals surface area contributed by atoms with Crippen LogP contribution in [-0.4, -0.2) is 15.2 Å². The second kappa shape index (κ2) is 6.03. The second-order valence-corrected chi connectivity index (χ2v) is 5.64. The Morgan fingerprint density at radius 3 is 2.47 bits per heavy atom. The third-order valence-corrected chi connectivity index (χ3v) is 4.44. The van der Waals surface area contributed by atoms with Gasteiger partial charge in [-0.1, -0.05) is 37.3 Å². The van der Waals surface area contributed by atoms with E-state index in [9.17, 15) is 4.21 Å². The maximum absolute atomic E-state index is 11.8. The lowest BCUT2D eigenvalue weighted by molar-refractivity contribution is 0.642. The molecule has 84 valence electrons.